The Labute approximate surface area is 199 Å². The molecule has 5 aromatic rings. The maximum absolute atomic E-state index is 5.65. The summed E-state index contributed by atoms with van der Waals surface area (Å²) in [5.41, 5.74) is 2.72. The fourth-order valence-electron chi connectivity index (χ4n) is 3.28. The molecular formula is C24H20N4O3S2. The molecule has 0 saturated carbocycles. The minimum atomic E-state index is 0.603. The topological polar surface area (TPSA) is 75.2 Å². The van der Waals surface area contributed by atoms with Gasteiger partial charge in [0.1, 0.15) is 17.8 Å². The second-order valence-electron chi connectivity index (χ2n) is 6.98. The van der Waals surface area contributed by atoms with Crippen LogP contribution in [-0.2, 0) is 5.75 Å². The molecule has 3 aromatic heterocycles. The molecule has 0 saturated heterocycles. The van der Waals surface area contributed by atoms with E-state index in [0.717, 1.165) is 44.3 Å². The number of thioether (sulfide) groups is 1. The van der Waals surface area contributed by atoms with Gasteiger partial charge in [-0.2, -0.15) is 0 Å². The number of hydrogen-bond acceptors (Lipinski definition) is 8. The predicted octanol–water partition coefficient (Wildman–Crippen LogP) is 5.96. The number of hydrogen-bond donors (Lipinski definition) is 0. The van der Waals surface area contributed by atoms with Crippen molar-refractivity contribution < 1.29 is 13.9 Å². The zero-order chi connectivity index (χ0) is 22.6. The molecule has 0 bridgehead atoms. The number of ether oxygens (including phenoxy) is 2. The quantitative estimate of drug-likeness (QED) is 0.256. The van der Waals surface area contributed by atoms with Gasteiger partial charge in [-0.15, -0.1) is 21.5 Å². The van der Waals surface area contributed by atoms with Crippen LogP contribution in [0.5, 0.6) is 11.5 Å². The molecule has 3 heterocycles. The van der Waals surface area contributed by atoms with E-state index in [9.17, 15) is 0 Å². The molecule has 0 aliphatic carbocycles. The standard InChI is InChI=1S/C24H20N4O3S2/c1-29-19-9-5-16(6-10-19)22-26-27-24(28(22)18-7-11-20(30-2)12-8-18)33-15-17-14-31-23(25-17)21-4-3-13-32-21/h3-14H,15H2,1-2H3. The third-order valence-corrected chi connectivity index (χ3v) is 6.77. The average molecular weight is 477 g/mol. The van der Waals surface area contributed by atoms with Crippen molar-refractivity contribution in [3.8, 4) is 39.3 Å². The second-order valence-corrected chi connectivity index (χ2v) is 8.87. The number of benzene rings is 2. The fraction of sp³-hybridized carbons (Fsp3) is 0.125. The molecule has 0 N–H and O–H groups in total. The van der Waals surface area contributed by atoms with Gasteiger partial charge in [0.15, 0.2) is 11.0 Å². The lowest BCUT2D eigenvalue weighted by Crippen LogP contribution is -2.00. The Morgan fingerprint density at radius 1 is 0.939 bits per heavy atom. The summed E-state index contributed by atoms with van der Waals surface area (Å²) < 4.78 is 18.3. The highest BCUT2D eigenvalue weighted by Gasteiger charge is 2.18. The Hall–Kier alpha value is -3.56. The monoisotopic (exact) mass is 476 g/mol. The molecule has 0 spiro atoms. The molecule has 0 amide bonds. The van der Waals surface area contributed by atoms with Crippen molar-refractivity contribution in [3.63, 3.8) is 0 Å². The van der Waals surface area contributed by atoms with Crippen LogP contribution >= 0.6 is 23.1 Å². The van der Waals surface area contributed by atoms with E-state index in [2.05, 4.69) is 15.2 Å². The fourth-order valence-corrected chi connectivity index (χ4v) is 4.76. The lowest BCUT2D eigenvalue weighted by atomic mass is 10.2. The van der Waals surface area contributed by atoms with Gasteiger partial charge in [-0.3, -0.25) is 4.57 Å². The number of thiophene rings is 1. The van der Waals surface area contributed by atoms with E-state index in [1.165, 1.54) is 0 Å². The first-order chi connectivity index (χ1) is 16.2. The largest absolute Gasteiger partial charge is 0.497 e. The predicted molar refractivity (Wildman–Crippen MR) is 129 cm³/mol. The Kier molecular flexibility index (Phi) is 6.14. The van der Waals surface area contributed by atoms with Crippen molar-refractivity contribution >= 4 is 23.1 Å². The molecule has 0 fully saturated rings. The molecule has 0 aliphatic heterocycles. The molecule has 0 radical (unpaired) electrons. The normalized spacial score (nSPS) is 11.0. The zero-order valence-corrected chi connectivity index (χ0v) is 19.6. The Balaban J connectivity index is 1.46. The molecule has 0 unspecified atom stereocenters. The number of oxazole rings is 1. The summed E-state index contributed by atoms with van der Waals surface area (Å²) in [5, 5.41) is 11.7. The van der Waals surface area contributed by atoms with E-state index in [-0.39, 0.29) is 0 Å². The van der Waals surface area contributed by atoms with Gasteiger partial charge in [-0.05, 0) is 60.0 Å². The van der Waals surface area contributed by atoms with Crippen molar-refractivity contribution in [2.24, 2.45) is 0 Å². The molecular weight excluding hydrogens is 456 g/mol. The third kappa shape index (κ3) is 4.50. The van der Waals surface area contributed by atoms with E-state index in [1.54, 1.807) is 43.6 Å². The molecule has 7 nitrogen and oxygen atoms in total. The summed E-state index contributed by atoms with van der Waals surface area (Å²) in [5.74, 6) is 3.55. The Morgan fingerprint density at radius 2 is 1.67 bits per heavy atom. The first kappa shape index (κ1) is 21.3. The Morgan fingerprint density at radius 3 is 2.33 bits per heavy atom. The van der Waals surface area contributed by atoms with Gasteiger partial charge >= 0.3 is 0 Å². The van der Waals surface area contributed by atoms with Gasteiger partial charge in [0.25, 0.3) is 0 Å². The third-order valence-electron chi connectivity index (χ3n) is 4.95. The van der Waals surface area contributed by atoms with Crippen molar-refractivity contribution in [1.82, 2.24) is 19.7 Å². The van der Waals surface area contributed by atoms with Crippen LogP contribution < -0.4 is 9.47 Å². The van der Waals surface area contributed by atoms with Crippen LogP contribution in [0, 0.1) is 0 Å². The first-order valence-electron chi connectivity index (χ1n) is 10.1. The van der Waals surface area contributed by atoms with Crippen LogP contribution in [-0.4, -0.2) is 34.0 Å². The average Bonchev–Trinajstić information content (AvgIpc) is 3.63. The summed E-state index contributed by atoms with van der Waals surface area (Å²) >= 11 is 3.15. The maximum atomic E-state index is 5.65. The molecule has 5 rings (SSSR count). The van der Waals surface area contributed by atoms with Gasteiger partial charge in [-0.25, -0.2) is 4.98 Å². The Bertz CT molecular complexity index is 1330. The summed E-state index contributed by atoms with van der Waals surface area (Å²) in [6, 6.07) is 19.6. The lowest BCUT2D eigenvalue weighted by Gasteiger charge is -2.11. The lowest BCUT2D eigenvalue weighted by molar-refractivity contribution is 0.414. The number of aromatic nitrogens is 4. The highest BCUT2D eigenvalue weighted by Crippen LogP contribution is 2.32. The molecule has 166 valence electrons. The summed E-state index contributed by atoms with van der Waals surface area (Å²) in [6.45, 7) is 0. The highest BCUT2D eigenvalue weighted by atomic mass is 32.2. The van der Waals surface area contributed by atoms with Crippen LogP contribution in [0.3, 0.4) is 0 Å². The van der Waals surface area contributed by atoms with E-state index in [4.69, 9.17) is 13.9 Å². The van der Waals surface area contributed by atoms with Crippen molar-refractivity contribution in [3.05, 3.63) is 78.0 Å². The second kappa shape index (κ2) is 9.51. The number of methoxy groups -OCH3 is 2. The van der Waals surface area contributed by atoms with Crippen LogP contribution in [0.15, 0.2) is 81.9 Å². The van der Waals surface area contributed by atoms with Crippen molar-refractivity contribution in [1.29, 1.82) is 0 Å². The van der Waals surface area contributed by atoms with Gasteiger partial charge < -0.3 is 13.9 Å². The maximum Gasteiger partial charge on any atom is 0.236 e. The van der Waals surface area contributed by atoms with E-state index >= 15 is 0 Å². The van der Waals surface area contributed by atoms with E-state index in [1.807, 2.05) is 70.6 Å². The van der Waals surface area contributed by atoms with Crippen LogP contribution in [0.1, 0.15) is 5.69 Å². The minimum Gasteiger partial charge on any atom is -0.497 e. The SMILES string of the molecule is COc1ccc(-c2nnc(SCc3coc(-c4cccs4)n3)n2-c2ccc(OC)cc2)cc1. The van der Waals surface area contributed by atoms with Crippen molar-refractivity contribution in [2.45, 2.75) is 10.9 Å². The highest BCUT2D eigenvalue weighted by molar-refractivity contribution is 7.98. The van der Waals surface area contributed by atoms with E-state index in [0.29, 0.717) is 11.6 Å². The van der Waals surface area contributed by atoms with Crippen LogP contribution in [0.4, 0.5) is 0 Å². The van der Waals surface area contributed by atoms with Gasteiger partial charge in [0.05, 0.1) is 24.8 Å². The van der Waals surface area contributed by atoms with Gasteiger partial charge in [-0.1, -0.05) is 17.8 Å². The molecule has 0 atom stereocenters. The first-order valence-corrected chi connectivity index (χ1v) is 12.0. The molecule has 2 aromatic carbocycles. The summed E-state index contributed by atoms with van der Waals surface area (Å²) in [7, 11) is 3.30. The van der Waals surface area contributed by atoms with Gasteiger partial charge in [0.2, 0.25) is 5.89 Å². The number of rotatable bonds is 8. The molecule has 0 aliphatic rings. The number of nitrogens with zero attached hydrogens (tertiary/aromatic N) is 4. The van der Waals surface area contributed by atoms with Crippen LogP contribution in [0.2, 0.25) is 0 Å². The van der Waals surface area contributed by atoms with Gasteiger partial charge in [0, 0.05) is 17.0 Å². The minimum absolute atomic E-state index is 0.603. The zero-order valence-electron chi connectivity index (χ0n) is 18.0. The molecule has 33 heavy (non-hydrogen) atoms. The smallest absolute Gasteiger partial charge is 0.236 e. The summed E-state index contributed by atoms with van der Waals surface area (Å²) in [4.78, 5) is 5.62. The molecule has 9 heteroatoms. The van der Waals surface area contributed by atoms with Crippen molar-refractivity contribution in [2.75, 3.05) is 14.2 Å². The van der Waals surface area contributed by atoms with E-state index < -0.39 is 0 Å². The van der Waals surface area contributed by atoms with Crippen LogP contribution in [0.25, 0.3) is 27.8 Å². The summed E-state index contributed by atoms with van der Waals surface area (Å²) in [6.07, 6.45) is 1.69.